The molecule has 29 heavy (non-hydrogen) atoms. The number of aliphatic carboxylic acids is 1. The van der Waals surface area contributed by atoms with Crippen molar-refractivity contribution < 1.29 is 19.4 Å². The van der Waals surface area contributed by atoms with Crippen LogP contribution in [0.1, 0.15) is 28.7 Å². The van der Waals surface area contributed by atoms with Gasteiger partial charge in [-0.25, -0.2) is 0 Å². The fraction of sp³-hybridized carbons (Fsp3) is 0.273. The zero-order valence-corrected chi connectivity index (χ0v) is 18.1. The molecule has 0 unspecified atom stereocenters. The highest BCUT2D eigenvalue weighted by molar-refractivity contribution is 7.10. The van der Waals surface area contributed by atoms with Crippen LogP contribution in [0.5, 0.6) is 11.5 Å². The molecule has 0 saturated heterocycles. The van der Waals surface area contributed by atoms with Gasteiger partial charge in [-0.2, -0.15) is 4.37 Å². The third-order valence-corrected chi connectivity index (χ3v) is 6.27. The van der Waals surface area contributed by atoms with Gasteiger partial charge in [-0.05, 0) is 84.4 Å². The SMILES string of the molecule is COc1ccc(-c2snc(Cl)c2COc2ccc(CCC(=O)O)c(C)c2C)cc1. The maximum absolute atomic E-state index is 10.8. The van der Waals surface area contributed by atoms with Gasteiger partial charge >= 0.3 is 5.97 Å². The second-order valence-electron chi connectivity index (χ2n) is 6.66. The van der Waals surface area contributed by atoms with E-state index in [2.05, 4.69) is 4.37 Å². The molecule has 1 N–H and O–H groups in total. The van der Waals surface area contributed by atoms with Gasteiger partial charge in [0.2, 0.25) is 0 Å². The number of halogens is 1. The summed E-state index contributed by atoms with van der Waals surface area (Å²) < 4.78 is 15.6. The highest BCUT2D eigenvalue weighted by Crippen LogP contribution is 2.35. The maximum Gasteiger partial charge on any atom is 0.303 e. The number of ether oxygens (including phenoxy) is 2. The molecule has 2 aromatic carbocycles. The number of benzene rings is 2. The molecule has 0 fully saturated rings. The van der Waals surface area contributed by atoms with Crippen molar-refractivity contribution in [1.29, 1.82) is 0 Å². The molecule has 3 rings (SSSR count). The van der Waals surface area contributed by atoms with E-state index in [9.17, 15) is 4.79 Å². The molecule has 0 amide bonds. The first kappa shape index (κ1) is 21.1. The summed E-state index contributed by atoms with van der Waals surface area (Å²) in [5, 5.41) is 9.34. The number of aryl methyl sites for hydroxylation is 1. The van der Waals surface area contributed by atoms with E-state index < -0.39 is 5.97 Å². The molecule has 0 spiro atoms. The monoisotopic (exact) mass is 431 g/mol. The molecule has 0 bridgehead atoms. The van der Waals surface area contributed by atoms with Crippen LogP contribution in [0.4, 0.5) is 0 Å². The third-order valence-electron chi connectivity index (χ3n) is 4.92. The second-order valence-corrected chi connectivity index (χ2v) is 7.80. The van der Waals surface area contributed by atoms with E-state index in [-0.39, 0.29) is 6.42 Å². The molecule has 5 nitrogen and oxygen atoms in total. The minimum Gasteiger partial charge on any atom is -0.497 e. The summed E-state index contributed by atoms with van der Waals surface area (Å²) in [6.07, 6.45) is 0.617. The average Bonchev–Trinajstić information content (AvgIpc) is 3.08. The van der Waals surface area contributed by atoms with Crippen molar-refractivity contribution >= 4 is 29.1 Å². The Balaban J connectivity index is 1.79. The number of carbonyl (C=O) groups is 1. The van der Waals surface area contributed by atoms with Crippen LogP contribution < -0.4 is 9.47 Å². The standard InChI is InChI=1S/C22H22ClNO4S/c1-13-14(2)19(10-6-15(13)7-11-20(25)26)28-12-18-21(29-24-22(18)23)16-4-8-17(27-3)9-5-16/h4-6,8-10H,7,11-12H2,1-3H3,(H,25,26). The highest BCUT2D eigenvalue weighted by Gasteiger charge is 2.16. The average molecular weight is 432 g/mol. The summed E-state index contributed by atoms with van der Waals surface area (Å²) >= 11 is 7.66. The number of hydrogen-bond acceptors (Lipinski definition) is 5. The van der Waals surface area contributed by atoms with Crippen LogP contribution in [0.3, 0.4) is 0 Å². The molecule has 7 heteroatoms. The number of carboxylic acids is 1. The Labute approximate surface area is 179 Å². The van der Waals surface area contributed by atoms with Crippen LogP contribution in [-0.2, 0) is 17.8 Å². The first-order chi connectivity index (χ1) is 13.9. The van der Waals surface area contributed by atoms with Crippen LogP contribution in [0.25, 0.3) is 10.4 Å². The lowest BCUT2D eigenvalue weighted by molar-refractivity contribution is -0.136. The lowest BCUT2D eigenvalue weighted by Gasteiger charge is -2.14. The topological polar surface area (TPSA) is 68.7 Å². The lowest BCUT2D eigenvalue weighted by atomic mass is 9.99. The van der Waals surface area contributed by atoms with E-state index >= 15 is 0 Å². The largest absolute Gasteiger partial charge is 0.497 e. The van der Waals surface area contributed by atoms with Crippen molar-refractivity contribution in [2.24, 2.45) is 0 Å². The minimum absolute atomic E-state index is 0.113. The number of carboxylic acid groups (broad SMARTS) is 1. The Morgan fingerprint density at radius 2 is 1.86 bits per heavy atom. The molecule has 0 saturated carbocycles. The summed E-state index contributed by atoms with van der Waals surface area (Å²) in [7, 11) is 1.63. The summed E-state index contributed by atoms with van der Waals surface area (Å²) in [6.45, 7) is 4.26. The van der Waals surface area contributed by atoms with E-state index in [1.165, 1.54) is 11.5 Å². The molecule has 3 aromatic rings. The molecule has 152 valence electrons. The zero-order chi connectivity index (χ0) is 21.0. The van der Waals surface area contributed by atoms with E-state index in [1.54, 1.807) is 7.11 Å². The quantitative estimate of drug-likeness (QED) is 0.496. The predicted octanol–water partition coefficient (Wildman–Crippen LogP) is 5.69. The zero-order valence-electron chi connectivity index (χ0n) is 16.5. The van der Waals surface area contributed by atoms with Gasteiger partial charge in [-0.3, -0.25) is 4.79 Å². The molecular formula is C22H22ClNO4S. The van der Waals surface area contributed by atoms with Crippen LogP contribution in [0, 0.1) is 13.8 Å². The molecule has 0 atom stereocenters. The molecule has 1 heterocycles. The first-order valence-electron chi connectivity index (χ1n) is 9.12. The molecular weight excluding hydrogens is 410 g/mol. The Morgan fingerprint density at radius 3 is 2.52 bits per heavy atom. The normalized spacial score (nSPS) is 10.8. The van der Waals surface area contributed by atoms with Crippen LogP contribution >= 0.6 is 23.1 Å². The molecule has 0 aliphatic rings. The number of rotatable bonds is 8. The van der Waals surface area contributed by atoms with Gasteiger partial charge in [0.1, 0.15) is 23.3 Å². The second kappa shape index (κ2) is 9.29. The predicted molar refractivity (Wildman–Crippen MR) is 115 cm³/mol. The Bertz CT molecular complexity index is 1010. The van der Waals surface area contributed by atoms with Crippen LogP contribution in [-0.4, -0.2) is 22.6 Å². The summed E-state index contributed by atoms with van der Waals surface area (Å²) in [5.74, 6) is 0.744. The molecule has 1 aromatic heterocycles. The summed E-state index contributed by atoms with van der Waals surface area (Å²) in [5.41, 5.74) is 4.91. The number of aromatic nitrogens is 1. The molecule has 0 radical (unpaired) electrons. The van der Waals surface area contributed by atoms with Gasteiger partial charge in [0.15, 0.2) is 0 Å². The van der Waals surface area contributed by atoms with Gasteiger partial charge in [0.25, 0.3) is 0 Å². The Morgan fingerprint density at radius 1 is 1.14 bits per heavy atom. The van der Waals surface area contributed by atoms with Gasteiger partial charge in [0, 0.05) is 12.0 Å². The Hall–Kier alpha value is -2.57. The van der Waals surface area contributed by atoms with Gasteiger partial charge < -0.3 is 14.6 Å². The van der Waals surface area contributed by atoms with E-state index in [1.807, 2.05) is 50.2 Å². The number of hydrogen-bond donors (Lipinski definition) is 1. The minimum atomic E-state index is -0.798. The van der Waals surface area contributed by atoms with Crippen molar-refractivity contribution in [2.45, 2.75) is 33.3 Å². The number of methoxy groups -OCH3 is 1. The first-order valence-corrected chi connectivity index (χ1v) is 10.3. The van der Waals surface area contributed by atoms with Crippen molar-refractivity contribution in [2.75, 3.05) is 7.11 Å². The highest BCUT2D eigenvalue weighted by atomic mass is 35.5. The van der Waals surface area contributed by atoms with Crippen molar-refractivity contribution in [3.8, 4) is 21.9 Å². The fourth-order valence-electron chi connectivity index (χ4n) is 3.05. The van der Waals surface area contributed by atoms with Gasteiger partial charge in [-0.1, -0.05) is 17.7 Å². The maximum atomic E-state index is 10.8. The van der Waals surface area contributed by atoms with Crippen LogP contribution in [0.15, 0.2) is 36.4 Å². The third kappa shape index (κ3) is 4.89. The summed E-state index contributed by atoms with van der Waals surface area (Å²) in [6, 6.07) is 11.6. The van der Waals surface area contributed by atoms with Crippen LogP contribution in [0.2, 0.25) is 5.15 Å². The molecule has 0 aliphatic heterocycles. The smallest absolute Gasteiger partial charge is 0.303 e. The Kier molecular flexibility index (Phi) is 6.77. The van der Waals surface area contributed by atoms with Gasteiger partial charge in [-0.15, -0.1) is 0 Å². The lowest BCUT2D eigenvalue weighted by Crippen LogP contribution is -2.03. The fourth-order valence-corrected chi connectivity index (χ4v) is 4.15. The van der Waals surface area contributed by atoms with Crippen molar-refractivity contribution in [1.82, 2.24) is 4.37 Å². The number of nitrogens with zero attached hydrogens (tertiary/aromatic N) is 1. The van der Waals surface area contributed by atoms with E-state index in [0.29, 0.717) is 18.2 Å². The van der Waals surface area contributed by atoms with E-state index in [4.69, 9.17) is 26.2 Å². The summed E-state index contributed by atoms with van der Waals surface area (Å²) in [4.78, 5) is 11.8. The van der Waals surface area contributed by atoms with E-state index in [0.717, 1.165) is 44.2 Å². The van der Waals surface area contributed by atoms with Crippen molar-refractivity contribution in [3.05, 3.63) is 63.8 Å². The van der Waals surface area contributed by atoms with Gasteiger partial charge in [0.05, 0.1) is 12.0 Å². The van der Waals surface area contributed by atoms with Crippen molar-refractivity contribution in [3.63, 3.8) is 0 Å². The molecule has 0 aliphatic carbocycles.